The van der Waals surface area contributed by atoms with Crippen LogP contribution in [0.3, 0.4) is 0 Å². The number of carbonyl (C=O) groups is 2. The Morgan fingerprint density at radius 1 is 1.33 bits per heavy atom. The lowest BCUT2D eigenvalue weighted by atomic mass is 10.1. The Hall–Kier alpha value is -1.59. The number of rotatable bonds is 5. The monoisotopic (exact) mass is 351 g/mol. The van der Waals surface area contributed by atoms with Crippen LogP contribution in [0.5, 0.6) is 0 Å². The van der Waals surface area contributed by atoms with Crippen LogP contribution in [-0.2, 0) is 16.1 Å². The molecular formula is C18H26ClN3O2. The van der Waals surface area contributed by atoms with Crippen molar-refractivity contribution in [1.29, 1.82) is 0 Å². The summed E-state index contributed by atoms with van der Waals surface area (Å²) in [7, 11) is 0. The second-order valence-corrected chi connectivity index (χ2v) is 6.70. The van der Waals surface area contributed by atoms with Gasteiger partial charge >= 0.3 is 0 Å². The summed E-state index contributed by atoms with van der Waals surface area (Å²) in [5, 5.41) is 6.36. The van der Waals surface area contributed by atoms with Gasteiger partial charge in [-0.2, -0.15) is 0 Å². The third kappa shape index (κ3) is 4.71. The van der Waals surface area contributed by atoms with Crippen LogP contribution in [0.25, 0.3) is 0 Å². The van der Waals surface area contributed by atoms with Crippen molar-refractivity contribution in [2.45, 2.75) is 38.8 Å². The van der Waals surface area contributed by atoms with Crippen molar-refractivity contribution < 1.29 is 9.59 Å². The van der Waals surface area contributed by atoms with Gasteiger partial charge < -0.3 is 15.5 Å². The average Bonchev–Trinajstić information content (AvgIpc) is 3.18. The molecule has 0 bridgehead atoms. The topological polar surface area (TPSA) is 61.4 Å². The Balaban J connectivity index is 0.00000208. The molecule has 2 heterocycles. The first-order valence-corrected chi connectivity index (χ1v) is 8.46. The highest BCUT2D eigenvalue weighted by atomic mass is 35.5. The summed E-state index contributed by atoms with van der Waals surface area (Å²) in [6, 6.07) is 8.58. The van der Waals surface area contributed by atoms with Crippen molar-refractivity contribution in [3.8, 4) is 0 Å². The van der Waals surface area contributed by atoms with E-state index in [9.17, 15) is 9.59 Å². The molecule has 2 N–H and O–H groups in total. The Bertz CT molecular complexity index is 570. The number of hydrogen-bond donors (Lipinski definition) is 2. The fourth-order valence-electron chi connectivity index (χ4n) is 3.31. The van der Waals surface area contributed by atoms with Crippen molar-refractivity contribution in [2.24, 2.45) is 5.92 Å². The van der Waals surface area contributed by atoms with E-state index in [4.69, 9.17) is 0 Å². The van der Waals surface area contributed by atoms with E-state index in [-0.39, 0.29) is 30.1 Å². The highest BCUT2D eigenvalue weighted by Gasteiger charge is 2.34. The van der Waals surface area contributed by atoms with Crippen LogP contribution >= 0.6 is 12.4 Å². The molecule has 2 unspecified atom stereocenters. The van der Waals surface area contributed by atoms with E-state index in [2.05, 4.69) is 22.8 Å². The number of aryl methyl sites for hydroxylation is 1. The fourth-order valence-corrected chi connectivity index (χ4v) is 3.31. The number of amides is 2. The van der Waals surface area contributed by atoms with Gasteiger partial charge in [0.1, 0.15) is 0 Å². The Kier molecular flexibility index (Phi) is 6.63. The summed E-state index contributed by atoms with van der Waals surface area (Å²) in [4.78, 5) is 26.2. The molecule has 132 valence electrons. The molecule has 5 nitrogen and oxygen atoms in total. The molecule has 2 aliphatic rings. The molecule has 0 spiro atoms. The highest BCUT2D eigenvalue weighted by Crippen LogP contribution is 2.20. The largest absolute Gasteiger partial charge is 0.354 e. The van der Waals surface area contributed by atoms with Crippen LogP contribution in [0, 0.1) is 12.8 Å². The molecule has 0 saturated carbocycles. The molecule has 3 rings (SSSR count). The molecule has 0 radical (unpaired) electrons. The van der Waals surface area contributed by atoms with Gasteiger partial charge in [-0.15, -0.1) is 12.4 Å². The van der Waals surface area contributed by atoms with E-state index < -0.39 is 0 Å². The molecule has 2 saturated heterocycles. The van der Waals surface area contributed by atoms with E-state index in [1.54, 1.807) is 4.90 Å². The predicted octanol–water partition coefficient (Wildman–Crippen LogP) is 1.63. The zero-order valence-corrected chi connectivity index (χ0v) is 14.9. The van der Waals surface area contributed by atoms with Crippen molar-refractivity contribution in [3.05, 3.63) is 35.4 Å². The molecule has 2 aliphatic heterocycles. The lowest BCUT2D eigenvalue weighted by Crippen LogP contribution is -2.40. The van der Waals surface area contributed by atoms with E-state index in [1.165, 1.54) is 12.0 Å². The SMILES string of the molecule is Cc1ccc(CN2CC(C(=O)NCC3CCCN3)CC2=O)cc1.Cl. The van der Waals surface area contributed by atoms with Crippen LogP contribution in [-0.4, -0.2) is 42.4 Å². The second-order valence-electron chi connectivity index (χ2n) is 6.70. The lowest BCUT2D eigenvalue weighted by molar-refractivity contribution is -0.129. The van der Waals surface area contributed by atoms with Crippen molar-refractivity contribution in [1.82, 2.24) is 15.5 Å². The Morgan fingerprint density at radius 2 is 2.08 bits per heavy atom. The van der Waals surface area contributed by atoms with Gasteiger partial charge in [0.05, 0.1) is 5.92 Å². The molecular weight excluding hydrogens is 326 g/mol. The third-order valence-corrected chi connectivity index (χ3v) is 4.76. The number of nitrogens with zero attached hydrogens (tertiary/aromatic N) is 1. The number of hydrogen-bond acceptors (Lipinski definition) is 3. The number of halogens is 1. The molecule has 2 amide bonds. The minimum atomic E-state index is -0.214. The van der Waals surface area contributed by atoms with Crippen molar-refractivity contribution >= 4 is 24.2 Å². The number of likely N-dealkylation sites (tertiary alicyclic amines) is 1. The van der Waals surface area contributed by atoms with Gasteiger partial charge in [0, 0.05) is 32.1 Å². The molecule has 1 aromatic carbocycles. The summed E-state index contributed by atoms with van der Waals surface area (Å²) < 4.78 is 0. The maximum Gasteiger partial charge on any atom is 0.225 e. The Labute approximate surface area is 149 Å². The molecule has 0 aromatic heterocycles. The van der Waals surface area contributed by atoms with Gasteiger partial charge in [-0.25, -0.2) is 0 Å². The minimum Gasteiger partial charge on any atom is -0.354 e. The molecule has 6 heteroatoms. The van der Waals surface area contributed by atoms with Gasteiger partial charge in [0.2, 0.25) is 11.8 Å². The van der Waals surface area contributed by atoms with E-state index in [1.807, 2.05) is 19.1 Å². The van der Waals surface area contributed by atoms with Gasteiger partial charge in [0.25, 0.3) is 0 Å². The summed E-state index contributed by atoms with van der Waals surface area (Å²) in [5.74, 6) is -0.127. The van der Waals surface area contributed by atoms with Crippen LogP contribution in [0.1, 0.15) is 30.4 Å². The quantitative estimate of drug-likeness (QED) is 0.847. The zero-order valence-electron chi connectivity index (χ0n) is 14.1. The van der Waals surface area contributed by atoms with Gasteiger partial charge in [-0.3, -0.25) is 9.59 Å². The molecule has 0 aliphatic carbocycles. The summed E-state index contributed by atoms with van der Waals surface area (Å²) in [6.07, 6.45) is 2.62. The molecule has 2 atom stereocenters. The first kappa shape index (κ1) is 18.7. The van der Waals surface area contributed by atoms with Crippen LogP contribution in [0.2, 0.25) is 0 Å². The number of carbonyl (C=O) groups excluding carboxylic acids is 2. The second kappa shape index (κ2) is 8.49. The third-order valence-electron chi connectivity index (χ3n) is 4.76. The Morgan fingerprint density at radius 3 is 2.75 bits per heavy atom. The molecule has 1 aromatic rings. The van der Waals surface area contributed by atoms with Crippen LogP contribution < -0.4 is 10.6 Å². The highest BCUT2D eigenvalue weighted by molar-refractivity contribution is 5.89. The van der Waals surface area contributed by atoms with E-state index in [0.717, 1.165) is 18.5 Å². The normalized spacial score (nSPS) is 23.2. The summed E-state index contributed by atoms with van der Waals surface area (Å²) >= 11 is 0. The smallest absolute Gasteiger partial charge is 0.225 e. The fraction of sp³-hybridized carbons (Fsp3) is 0.556. The van der Waals surface area contributed by atoms with Gasteiger partial charge in [-0.05, 0) is 31.9 Å². The minimum absolute atomic E-state index is 0. The first-order chi connectivity index (χ1) is 11.1. The molecule has 2 fully saturated rings. The lowest BCUT2D eigenvalue weighted by Gasteiger charge is -2.17. The standard InChI is InChI=1S/C18H25N3O2.ClH/c1-13-4-6-14(7-5-13)11-21-12-15(9-17(21)22)18(23)20-10-16-3-2-8-19-16;/h4-7,15-16,19H,2-3,8-12H2,1H3,(H,20,23);1H. The summed E-state index contributed by atoms with van der Waals surface area (Å²) in [5.41, 5.74) is 2.32. The van der Waals surface area contributed by atoms with Gasteiger partial charge in [-0.1, -0.05) is 29.8 Å². The van der Waals surface area contributed by atoms with Gasteiger partial charge in [0.15, 0.2) is 0 Å². The average molecular weight is 352 g/mol. The summed E-state index contributed by atoms with van der Waals surface area (Å²) in [6.45, 7) is 4.86. The van der Waals surface area contributed by atoms with Crippen molar-refractivity contribution in [3.63, 3.8) is 0 Å². The van der Waals surface area contributed by atoms with Crippen LogP contribution in [0.4, 0.5) is 0 Å². The van der Waals surface area contributed by atoms with E-state index in [0.29, 0.717) is 32.1 Å². The predicted molar refractivity (Wildman–Crippen MR) is 96.0 cm³/mol. The number of benzene rings is 1. The van der Waals surface area contributed by atoms with E-state index >= 15 is 0 Å². The maximum atomic E-state index is 12.3. The zero-order chi connectivity index (χ0) is 16.2. The molecule has 24 heavy (non-hydrogen) atoms. The van der Waals surface area contributed by atoms with Crippen LogP contribution in [0.15, 0.2) is 24.3 Å². The maximum absolute atomic E-state index is 12.3. The number of nitrogens with one attached hydrogen (secondary N) is 2. The first-order valence-electron chi connectivity index (χ1n) is 8.46. The van der Waals surface area contributed by atoms with Crippen molar-refractivity contribution in [2.75, 3.05) is 19.6 Å².